The maximum atomic E-state index is 12.9. The fourth-order valence-corrected chi connectivity index (χ4v) is 4.75. The topological polar surface area (TPSA) is 87.9 Å². The van der Waals surface area contributed by atoms with Gasteiger partial charge in [-0.3, -0.25) is 9.89 Å². The van der Waals surface area contributed by atoms with E-state index >= 15 is 0 Å². The van der Waals surface area contributed by atoms with Gasteiger partial charge >= 0.3 is 0 Å². The molecular formula is C19H17N5O2S2. The Morgan fingerprint density at radius 2 is 2.00 bits per heavy atom. The number of H-pyrrole nitrogens is 1. The first-order valence-electron chi connectivity index (χ1n) is 9.04. The lowest BCUT2D eigenvalue weighted by Crippen LogP contribution is -2.39. The normalized spacial score (nSPS) is 17.1. The SMILES string of the molecule is O=C(c1cc(-c2cccs2)[nH]n1)N1CCCC(c2nnc(-c3cccs3)o2)C1. The summed E-state index contributed by atoms with van der Waals surface area (Å²) in [6.07, 6.45) is 1.83. The predicted octanol–water partition coefficient (Wildman–Crippen LogP) is 4.27. The van der Waals surface area contributed by atoms with Crippen LogP contribution in [0.15, 0.2) is 45.5 Å². The molecule has 1 unspecified atom stereocenters. The number of nitrogens with zero attached hydrogens (tertiary/aromatic N) is 4. The van der Waals surface area contributed by atoms with Crippen LogP contribution in [-0.4, -0.2) is 44.3 Å². The lowest BCUT2D eigenvalue weighted by molar-refractivity contribution is 0.0692. The third kappa shape index (κ3) is 3.27. The van der Waals surface area contributed by atoms with Crippen molar-refractivity contribution in [2.75, 3.05) is 13.1 Å². The zero-order valence-corrected chi connectivity index (χ0v) is 16.5. The summed E-state index contributed by atoms with van der Waals surface area (Å²) in [5.74, 6) is 1.12. The zero-order valence-electron chi connectivity index (χ0n) is 14.9. The number of hydrogen-bond acceptors (Lipinski definition) is 7. The van der Waals surface area contributed by atoms with E-state index in [9.17, 15) is 4.79 Å². The predicted molar refractivity (Wildman–Crippen MR) is 107 cm³/mol. The second-order valence-corrected chi connectivity index (χ2v) is 8.55. The molecule has 4 aromatic heterocycles. The number of aromatic nitrogens is 4. The van der Waals surface area contributed by atoms with Gasteiger partial charge in [0.05, 0.1) is 21.4 Å². The molecule has 4 aromatic rings. The second-order valence-electron chi connectivity index (χ2n) is 6.66. The molecule has 1 saturated heterocycles. The molecule has 5 rings (SSSR count). The Labute approximate surface area is 169 Å². The lowest BCUT2D eigenvalue weighted by atomic mass is 9.98. The molecule has 0 aromatic carbocycles. The number of nitrogens with one attached hydrogen (secondary N) is 1. The molecular weight excluding hydrogens is 394 g/mol. The van der Waals surface area contributed by atoms with Crippen molar-refractivity contribution in [3.63, 3.8) is 0 Å². The highest BCUT2D eigenvalue weighted by Crippen LogP contribution is 2.31. The van der Waals surface area contributed by atoms with Gasteiger partial charge in [-0.1, -0.05) is 12.1 Å². The summed E-state index contributed by atoms with van der Waals surface area (Å²) in [7, 11) is 0. The molecule has 142 valence electrons. The number of carbonyl (C=O) groups excluding carboxylic acids is 1. The molecule has 1 fully saturated rings. The van der Waals surface area contributed by atoms with E-state index in [0.29, 0.717) is 30.6 Å². The van der Waals surface area contributed by atoms with Crippen LogP contribution in [0, 0.1) is 0 Å². The Kier molecular flexibility index (Phi) is 4.53. The van der Waals surface area contributed by atoms with Gasteiger partial charge in [-0.25, -0.2) is 0 Å². The largest absolute Gasteiger partial charge is 0.420 e. The Balaban J connectivity index is 1.31. The van der Waals surface area contributed by atoms with Crippen molar-refractivity contribution in [1.82, 2.24) is 25.3 Å². The van der Waals surface area contributed by atoms with E-state index in [1.165, 1.54) is 0 Å². The van der Waals surface area contributed by atoms with Gasteiger partial charge in [-0.2, -0.15) is 5.10 Å². The summed E-state index contributed by atoms with van der Waals surface area (Å²) >= 11 is 3.18. The van der Waals surface area contributed by atoms with E-state index in [-0.39, 0.29) is 11.8 Å². The van der Waals surface area contributed by atoms with Crippen molar-refractivity contribution in [2.45, 2.75) is 18.8 Å². The highest BCUT2D eigenvalue weighted by Gasteiger charge is 2.30. The van der Waals surface area contributed by atoms with E-state index in [2.05, 4.69) is 20.4 Å². The summed E-state index contributed by atoms with van der Waals surface area (Å²) in [5.41, 5.74) is 1.30. The third-order valence-electron chi connectivity index (χ3n) is 4.81. The lowest BCUT2D eigenvalue weighted by Gasteiger charge is -2.30. The molecule has 28 heavy (non-hydrogen) atoms. The minimum absolute atomic E-state index is 0.0506. The van der Waals surface area contributed by atoms with Gasteiger partial charge < -0.3 is 9.32 Å². The molecule has 1 aliphatic rings. The molecule has 1 amide bonds. The van der Waals surface area contributed by atoms with Crippen molar-refractivity contribution in [3.8, 4) is 21.3 Å². The molecule has 1 atom stereocenters. The van der Waals surface area contributed by atoms with Crippen molar-refractivity contribution < 1.29 is 9.21 Å². The maximum absolute atomic E-state index is 12.9. The average Bonchev–Trinajstić information content (AvgIpc) is 3.52. The molecule has 0 aliphatic carbocycles. The van der Waals surface area contributed by atoms with Crippen LogP contribution >= 0.6 is 22.7 Å². The first kappa shape index (κ1) is 17.3. The number of amides is 1. The second kappa shape index (κ2) is 7.33. The number of rotatable bonds is 4. The van der Waals surface area contributed by atoms with Crippen LogP contribution in [0.5, 0.6) is 0 Å². The van der Waals surface area contributed by atoms with Crippen molar-refractivity contribution >= 4 is 28.6 Å². The number of hydrogen-bond donors (Lipinski definition) is 1. The van der Waals surface area contributed by atoms with Crippen LogP contribution in [0.1, 0.15) is 35.1 Å². The summed E-state index contributed by atoms with van der Waals surface area (Å²) in [6.45, 7) is 1.27. The molecule has 0 radical (unpaired) electrons. The summed E-state index contributed by atoms with van der Waals surface area (Å²) < 4.78 is 5.88. The molecule has 5 heterocycles. The molecule has 1 N–H and O–H groups in total. The maximum Gasteiger partial charge on any atom is 0.274 e. The zero-order chi connectivity index (χ0) is 18.9. The summed E-state index contributed by atoms with van der Waals surface area (Å²) in [6, 6.07) is 9.72. The van der Waals surface area contributed by atoms with Crippen molar-refractivity contribution in [2.24, 2.45) is 0 Å². The van der Waals surface area contributed by atoms with E-state index in [4.69, 9.17) is 4.42 Å². The highest BCUT2D eigenvalue weighted by molar-refractivity contribution is 7.13. The quantitative estimate of drug-likeness (QED) is 0.542. The molecule has 1 aliphatic heterocycles. The van der Waals surface area contributed by atoms with Crippen LogP contribution in [0.2, 0.25) is 0 Å². The van der Waals surface area contributed by atoms with Gasteiger partial charge in [0, 0.05) is 13.1 Å². The molecule has 9 heteroatoms. The van der Waals surface area contributed by atoms with Gasteiger partial charge in [0.2, 0.25) is 5.89 Å². The Morgan fingerprint density at radius 1 is 1.18 bits per heavy atom. The van der Waals surface area contributed by atoms with Crippen molar-refractivity contribution in [1.29, 1.82) is 0 Å². The van der Waals surface area contributed by atoms with Crippen LogP contribution in [-0.2, 0) is 0 Å². The molecule has 0 saturated carbocycles. The van der Waals surface area contributed by atoms with E-state index < -0.39 is 0 Å². The highest BCUT2D eigenvalue weighted by atomic mass is 32.1. The van der Waals surface area contributed by atoms with E-state index in [1.54, 1.807) is 22.7 Å². The number of thiophene rings is 2. The molecule has 0 spiro atoms. The number of piperidine rings is 1. The van der Waals surface area contributed by atoms with E-state index in [0.717, 1.165) is 28.3 Å². The number of likely N-dealkylation sites (tertiary alicyclic amines) is 1. The Bertz CT molecular complexity index is 1070. The Hall–Kier alpha value is -2.78. The van der Waals surface area contributed by atoms with Gasteiger partial charge in [0.1, 0.15) is 0 Å². The van der Waals surface area contributed by atoms with Crippen LogP contribution in [0.25, 0.3) is 21.3 Å². The fourth-order valence-electron chi connectivity index (χ4n) is 3.41. The minimum atomic E-state index is -0.0678. The van der Waals surface area contributed by atoms with Gasteiger partial charge in [0.25, 0.3) is 11.8 Å². The van der Waals surface area contributed by atoms with Gasteiger partial charge in [0.15, 0.2) is 5.69 Å². The van der Waals surface area contributed by atoms with E-state index in [1.807, 2.05) is 46.0 Å². The minimum Gasteiger partial charge on any atom is -0.420 e. The third-order valence-corrected chi connectivity index (χ3v) is 6.58. The summed E-state index contributed by atoms with van der Waals surface area (Å²) in [5, 5.41) is 19.6. The van der Waals surface area contributed by atoms with Crippen LogP contribution in [0.4, 0.5) is 0 Å². The monoisotopic (exact) mass is 411 g/mol. The first-order chi connectivity index (χ1) is 13.8. The molecule has 7 nitrogen and oxygen atoms in total. The van der Waals surface area contributed by atoms with Crippen LogP contribution in [0.3, 0.4) is 0 Å². The van der Waals surface area contributed by atoms with Crippen molar-refractivity contribution in [3.05, 3.63) is 52.7 Å². The van der Waals surface area contributed by atoms with Gasteiger partial charge in [-0.05, 0) is 41.8 Å². The average molecular weight is 412 g/mol. The number of carbonyl (C=O) groups is 1. The first-order valence-corrected chi connectivity index (χ1v) is 10.8. The number of aromatic amines is 1. The fraction of sp³-hybridized carbons (Fsp3) is 0.263. The smallest absolute Gasteiger partial charge is 0.274 e. The standard InChI is InChI=1S/C19H17N5O2S2/c25-19(14-10-13(20-21-14)15-5-2-8-27-15)24-7-1-4-12(11-24)17-22-23-18(26-17)16-6-3-9-28-16/h2-3,5-6,8-10,12H,1,4,7,11H2,(H,20,21). The summed E-state index contributed by atoms with van der Waals surface area (Å²) in [4.78, 5) is 16.8. The molecule has 0 bridgehead atoms. The van der Waals surface area contributed by atoms with Gasteiger partial charge in [-0.15, -0.1) is 32.9 Å². The Morgan fingerprint density at radius 3 is 2.79 bits per heavy atom. The van der Waals surface area contributed by atoms with Crippen LogP contribution < -0.4 is 0 Å².